The van der Waals surface area contributed by atoms with Gasteiger partial charge in [-0.2, -0.15) is 0 Å². The lowest BCUT2D eigenvalue weighted by atomic mass is 10.0. The molecule has 0 amide bonds. The van der Waals surface area contributed by atoms with E-state index in [-0.39, 0.29) is 5.82 Å². The molecule has 0 aliphatic rings. The molecule has 0 unspecified atom stereocenters. The van der Waals surface area contributed by atoms with Gasteiger partial charge in [0.15, 0.2) is 0 Å². The van der Waals surface area contributed by atoms with Crippen molar-refractivity contribution in [2.45, 2.75) is 13.3 Å². The first-order valence-electron chi connectivity index (χ1n) is 5.99. The van der Waals surface area contributed by atoms with Gasteiger partial charge in [0.2, 0.25) is 0 Å². The summed E-state index contributed by atoms with van der Waals surface area (Å²) in [7, 11) is 0. The van der Waals surface area contributed by atoms with Crippen LogP contribution in [0.3, 0.4) is 0 Å². The lowest BCUT2D eigenvalue weighted by molar-refractivity contribution is 0.317. The van der Waals surface area contributed by atoms with Crippen molar-refractivity contribution in [1.82, 2.24) is 0 Å². The largest absolute Gasteiger partial charge is 0.494 e. The van der Waals surface area contributed by atoms with E-state index in [2.05, 4.69) is 6.92 Å². The Hall–Kier alpha value is -2.03. The number of nitrogens with two attached hydrogens (primary N) is 1. The van der Waals surface area contributed by atoms with Crippen LogP contribution in [0.25, 0.3) is 11.1 Å². The molecule has 0 aliphatic heterocycles. The van der Waals surface area contributed by atoms with Gasteiger partial charge in [0.05, 0.1) is 6.61 Å². The highest BCUT2D eigenvalue weighted by Crippen LogP contribution is 2.28. The summed E-state index contributed by atoms with van der Waals surface area (Å²) in [5, 5.41) is 0. The maximum atomic E-state index is 13.0. The van der Waals surface area contributed by atoms with Gasteiger partial charge in [0.25, 0.3) is 0 Å². The molecule has 2 rings (SSSR count). The van der Waals surface area contributed by atoms with Gasteiger partial charge in [-0.1, -0.05) is 19.1 Å². The van der Waals surface area contributed by atoms with E-state index in [1.807, 2.05) is 24.3 Å². The van der Waals surface area contributed by atoms with Crippen molar-refractivity contribution >= 4 is 5.69 Å². The first-order chi connectivity index (χ1) is 8.70. The van der Waals surface area contributed by atoms with Crippen molar-refractivity contribution in [3.63, 3.8) is 0 Å². The third-order valence-corrected chi connectivity index (χ3v) is 2.65. The van der Waals surface area contributed by atoms with Crippen LogP contribution in [0.4, 0.5) is 10.1 Å². The number of hydrogen-bond donors (Lipinski definition) is 1. The van der Waals surface area contributed by atoms with Crippen molar-refractivity contribution < 1.29 is 9.13 Å². The number of ether oxygens (including phenoxy) is 1. The Balaban J connectivity index is 2.23. The van der Waals surface area contributed by atoms with Crippen molar-refractivity contribution in [2.24, 2.45) is 0 Å². The highest BCUT2D eigenvalue weighted by atomic mass is 19.1. The number of anilines is 1. The molecule has 2 N–H and O–H groups in total. The topological polar surface area (TPSA) is 35.2 Å². The average molecular weight is 245 g/mol. The molecule has 18 heavy (non-hydrogen) atoms. The summed E-state index contributed by atoms with van der Waals surface area (Å²) in [4.78, 5) is 0. The molecule has 0 aromatic heterocycles. The predicted octanol–water partition coefficient (Wildman–Crippen LogP) is 3.86. The minimum atomic E-state index is -0.320. The van der Waals surface area contributed by atoms with E-state index in [0.717, 1.165) is 23.3 Å². The molecule has 2 aromatic rings. The van der Waals surface area contributed by atoms with Gasteiger partial charge in [0, 0.05) is 11.3 Å². The van der Waals surface area contributed by atoms with Crippen LogP contribution in [-0.2, 0) is 0 Å². The minimum Gasteiger partial charge on any atom is -0.494 e. The van der Waals surface area contributed by atoms with E-state index in [0.29, 0.717) is 12.3 Å². The molecule has 0 saturated heterocycles. The van der Waals surface area contributed by atoms with E-state index in [1.54, 1.807) is 6.07 Å². The highest BCUT2D eigenvalue weighted by molar-refractivity contribution is 5.76. The Bertz CT molecular complexity index is 523. The van der Waals surface area contributed by atoms with Crippen LogP contribution in [0, 0.1) is 5.82 Å². The molecule has 0 saturated carbocycles. The molecular weight excluding hydrogens is 229 g/mol. The van der Waals surface area contributed by atoms with Crippen LogP contribution in [0.15, 0.2) is 42.5 Å². The van der Waals surface area contributed by atoms with Crippen LogP contribution in [-0.4, -0.2) is 6.61 Å². The summed E-state index contributed by atoms with van der Waals surface area (Å²) in [5.41, 5.74) is 8.03. The molecule has 0 heterocycles. The monoisotopic (exact) mass is 245 g/mol. The fourth-order valence-corrected chi connectivity index (χ4v) is 1.75. The summed E-state index contributed by atoms with van der Waals surface area (Å²) >= 11 is 0. The smallest absolute Gasteiger partial charge is 0.125 e. The van der Waals surface area contributed by atoms with Gasteiger partial charge in [-0.25, -0.2) is 4.39 Å². The zero-order valence-corrected chi connectivity index (χ0v) is 10.3. The number of benzene rings is 2. The summed E-state index contributed by atoms with van der Waals surface area (Å²) in [6.45, 7) is 2.77. The fourth-order valence-electron chi connectivity index (χ4n) is 1.75. The van der Waals surface area contributed by atoms with Crippen LogP contribution >= 0.6 is 0 Å². The third kappa shape index (κ3) is 2.80. The molecular formula is C15H16FNO. The van der Waals surface area contributed by atoms with Crippen molar-refractivity contribution in [3.05, 3.63) is 48.3 Å². The summed E-state index contributed by atoms with van der Waals surface area (Å²) in [6, 6.07) is 12.1. The maximum absolute atomic E-state index is 13.0. The normalized spacial score (nSPS) is 10.3. The average Bonchev–Trinajstić information content (AvgIpc) is 2.37. The van der Waals surface area contributed by atoms with Crippen LogP contribution < -0.4 is 10.5 Å². The maximum Gasteiger partial charge on any atom is 0.125 e. The quantitative estimate of drug-likeness (QED) is 0.830. The fraction of sp³-hybridized carbons (Fsp3) is 0.200. The van der Waals surface area contributed by atoms with Crippen LogP contribution in [0.2, 0.25) is 0 Å². The second kappa shape index (κ2) is 5.54. The van der Waals surface area contributed by atoms with Crippen LogP contribution in [0.5, 0.6) is 5.75 Å². The van der Waals surface area contributed by atoms with Gasteiger partial charge >= 0.3 is 0 Å². The standard InChI is InChI=1S/C15H16FNO/c1-2-9-18-13-6-3-11(4-7-13)14-8-5-12(16)10-15(14)17/h3-8,10H,2,9,17H2,1H3. The molecule has 0 radical (unpaired) electrons. The lowest BCUT2D eigenvalue weighted by Crippen LogP contribution is -1.95. The van der Waals surface area contributed by atoms with Gasteiger partial charge < -0.3 is 10.5 Å². The van der Waals surface area contributed by atoms with E-state index in [1.165, 1.54) is 12.1 Å². The lowest BCUT2D eigenvalue weighted by Gasteiger charge is -2.08. The molecule has 0 aliphatic carbocycles. The van der Waals surface area contributed by atoms with Gasteiger partial charge in [0.1, 0.15) is 11.6 Å². The predicted molar refractivity (Wildman–Crippen MR) is 72.0 cm³/mol. The van der Waals surface area contributed by atoms with E-state index in [9.17, 15) is 4.39 Å². The van der Waals surface area contributed by atoms with Gasteiger partial charge in [-0.3, -0.25) is 0 Å². The summed E-state index contributed by atoms with van der Waals surface area (Å²) < 4.78 is 18.5. The van der Waals surface area contributed by atoms with Crippen molar-refractivity contribution in [1.29, 1.82) is 0 Å². The highest BCUT2D eigenvalue weighted by Gasteiger charge is 2.04. The Morgan fingerprint density at radius 2 is 1.83 bits per heavy atom. The van der Waals surface area contributed by atoms with E-state index < -0.39 is 0 Å². The Kier molecular flexibility index (Phi) is 3.82. The Labute approximate surface area is 106 Å². The first-order valence-corrected chi connectivity index (χ1v) is 5.99. The Morgan fingerprint density at radius 1 is 1.11 bits per heavy atom. The molecule has 94 valence electrons. The molecule has 0 atom stereocenters. The number of nitrogen functional groups attached to an aromatic ring is 1. The first kappa shape index (κ1) is 12.4. The second-order valence-electron chi connectivity index (χ2n) is 4.10. The molecule has 0 fully saturated rings. The molecule has 0 bridgehead atoms. The zero-order valence-electron chi connectivity index (χ0n) is 10.3. The van der Waals surface area contributed by atoms with E-state index in [4.69, 9.17) is 10.5 Å². The van der Waals surface area contributed by atoms with Crippen LogP contribution in [0.1, 0.15) is 13.3 Å². The number of halogens is 1. The van der Waals surface area contributed by atoms with Gasteiger partial charge in [-0.15, -0.1) is 0 Å². The zero-order chi connectivity index (χ0) is 13.0. The third-order valence-electron chi connectivity index (χ3n) is 2.65. The van der Waals surface area contributed by atoms with Crippen molar-refractivity contribution in [3.8, 4) is 16.9 Å². The van der Waals surface area contributed by atoms with E-state index >= 15 is 0 Å². The number of rotatable bonds is 4. The summed E-state index contributed by atoms with van der Waals surface area (Å²) in [6.07, 6.45) is 0.979. The number of hydrogen-bond acceptors (Lipinski definition) is 2. The minimum absolute atomic E-state index is 0.320. The van der Waals surface area contributed by atoms with Gasteiger partial charge in [-0.05, 0) is 42.3 Å². The molecule has 2 aromatic carbocycles. The second-order valence-corrected chi connectivity index (χ2v) is 4.10. The molecule has 0 spiro atoms. The SMILES string of the molecule is CCCOc1ccc(-c2ccc(F)cc2N)cc1. The Morgan fingerprint density at radius 3 is 2.44 bits per heavy atom. The van der Waals surface area contributed by atoms with Crippen molar-refractivity contribution in [2.75, 3.05) is 12.3 Å². The summed E-state index contributed by atoms with van der Waals surface area (Å²) in [5.74, 6) is 0.514. The molecule has 2 nitrogen and oxygen atoms in total. The molecule has 3 heteroatoms.